The third-order valence-corrected chi connectivity index (χ3v) is 3.52. The van der Waals surface area contributed by atoms with E-state index in [2.05, 4.69) is 22.2 Å². The van der Waals surface area contributed by atoms with Crippen LogP contribution in [0, 0.1) is 0 Å². The van der Waals surface area contributed by atoms with Crippen LogP contribution in [0.2, 0.25) is 0 Å². The molecule has 1 aliphatic rings. The van der Waals surface area contributed by atoms with Gasteiger partial charge < -0.3 is 25.6 Å². The predicted octanol–water partition coefficient (Wildman–Crippen LogP) is -0.896. The normalized spacial score (nSPS) is 19.3. The maximum atomic E-state index is 11.6. The molecule has 1 saturated heterocycles. The van der Waals surface area contributed by atoms with E-state index in [4.69, 9.17) is 10.5 Å². The fraction of sp³-hybridized carbons (Fsp3) is 0.923. The molecule has 1 fully saturated rings. The quantitative estimate of drug-likeness (QED) is 0.561. The van der Waals surface area contributed by atoms with Crippen LogP contribution < -0.4 is 11.1 Å². The number of rotatable bonds is 8. The Hall–Kier alpha value is -0.690. The monoisotopic (exact) mass is 272 g/mol. The molecule has 0 aromatic carbocycles. The van der Waals surface area contributed by atoms with Crippen LogP contribution in [0.1, 0.15) is 12.8 Å². The van der Waals surface area contributed by atoms with Crippen LogP contribution in [0.5, 0.6) is 0 Å². The van der Waals surface area contributed by atoms with Crippen molar-refractivity contribution >= 4 is 5.91 Å². The zero-order valence-electron chi connectivity index (χ0n) is 12.2. The van der Waals surface area contributed by atoms with Crippen LogP contribution in [-0.2, 0) is 9.53 Å². The number of hydrogen-bond acceptors (Lipinski definition) is 5. The Morgan fingerprint density at radius 3 is 2.68 bits per heavy atom. The minimum absolute atomic E-state index is 0.0737. The lowest BCUT2D eigenvalue weighted by molar-refractivity contribution is -0.122. The molecular formula is C13H28N4O2. The Morgan fingerprint density at radius 2 is 2.05 bits per heavy atom. The number of piperazine rings is 1. The lowest BCUT2D eigenvalue weighted by Crippen LogP contribution is -2.46. The van der Waals surface area contributed by atoms with Gasteiger partial charge in [-0.15, -0.1) is 0 Å². The molecule has 1 amide bonds. The van der Waals surface area contributed by atoms with Crippen molar-refractivity contribution in [1.82, 2.24) is 15.1 Å². The molecular weight excluding hydrogens is 244 g/mol. The third kappa shape index (κ3) is 6.87. The van der Waals surface area contributed by atoms with Crippen molar-refractivity contribution in [3.63, 3.8) is 0 Å². The summed E-state index contributed by atoms with van der Waals surface area (Å²) in [5, 5.41) is 2.88. The Balaban J connectivity index is 2.02. The highest BCUT2D eigenvalue weighted by Gasteiger charge is 2.14. The molecule has 19 heavy (non-hydrogen) atoms. The van der Waals surface area contributed by atoms with Gasteiger partial charge in [0.25, 0.3) is 0 Å². The van der Waals surface area contributed by atoms with Crippen LogP contribution in [0.4, 0.5) is 0 Å². The smallest absolute Gasteiger partial charge is 0.237 e. The van der Waals surface area contributed by atoms with Gasteiger partial charge in [-0.2, -0.15) is 0 Å². The van der Waals surface area contributed by atoms with Crippen molar-refractivity contribution in [2.75, 3.05) is 60.0 Å². The van der Waals surface area contributed by atoms with Crippen molar-refractivity contribution in [3.05, 3.63) is 0 Å². The average molecular weight is 272 g/mol. The molecule has 1 atom stereocenters. The van der Waals surface area contributed by atoms with E-state index < -0.39 is 6.04 Å². The van der Waals surface area contributed by atoms with Crippen molar-refractivity contribution in [1.29, 1.82) is 0 Å². The number of ether oxygens (including phenoxy) is 1. The molecule has 0 radical (unpaired) electrons. The molecule has 0 spiro atoms. The average Bonchev–Trinajstić information content (AvgIpc) is 2.42. The first-order valence-corrected chi connectivity index (χ1v) is 7.06. The zero-order valence-corrected chi connectivity index (χ0v) is 12.2. The first kappa shape index (κ1) is 16.4. The summed E-state index contributed by atoms with van der Waals surface area (Å²) >= 11 is 0. The van der Waals surface area contributed by atoms with Crippen LogP contribution in [0.3, 0.4) is 0 Å². The molecule has 1 aliphatic heterocycles. The van der Waals surface area contributed by atoms with Crippen LogP contribution in [-0.4, -0.2) is 81.8 Å². The summed E-state index contributed by atoms with van der Waals surface area (Å²) in [5.41, 5.74) is 5.74. The Bertz CT molecular complexity index is 255. The van der Waals surface area contributed by atoms with Crippen LogP contribution >= 0.6 is 0 Å². The van der Waals surface area contributed by atoms with Gasteiger partial charge in [-0.1, -0.05) is 0 Å². The number of carbonyl (C=O) groups excluding carboxylic acids is 1. The summed E-state index contributed by atoms with van der Waals surface area (Å²) in [6, 6.07) is -0.455. The summed E-state index contributed by atoms with van der Waals surface area (Å²) < 4.78 is 4.91. The maximum Gasteiger partial charge on any atom is 0.237 e. The van der Waals surface area contributed by atoms with Gasteiger partial charge in [0.1, 0.15) is 0 Å². The van der Waals surface area contributed by atoms with E-state index in [0.29, 0.717) is 19.6 Å². The highest BCUT2D eigenvalue weighted by Crippen LogP contribution is 1.99. The molecule has 3 N–H and O–H groups in total. The number of nitrogens with one attached hydrogen (secondary N) is 1. The molecule has 1 rings (SSSR count). The molecule has 0 bridgehead atoms. The van der Waals surface area contributed by atoms with E-state index in [0.717, 1.165) is 39.1 Å². The van der Waals surface area contributed by atoms with Gasteiger partial charge >= 0.3 is 0 Å². The minimum Gasteiger partial charge on any atom is -0.385 e. The molecule has 0 aromatic rings. The van der Waals surface area contributed by atoms with Gasteiger partial charge in [-0.3, -0.25) is 4.79 Å². The Morgan fingerprint density at radius 1 is 1.37 bits per heavy atom. The van der Waals surface area contributed by atoms with Crippen molar-refractivity contribution in [2.45, 2.75) is 18.9 Å². The Kier molecular flexibility index (Phi) is 7.97. The molecule has 6 nitrogen and oxygen atoms in total. The van der Waals surface area contributed by atoms with E-state index >= 15 is 0 Å². The lowest BCUT2D eigenvalue weighted by atomic mass is 10.2. The molecule has 6 heteroatoms. The fourth-order valence-corrected chi connectivity index (χ4v) is 2.09. The van der Waals surface area contributed by atoms with Crippen LogP contribution in [0.25, 0.3) is 0 Å². The SMILES string of the molecule is COCCC(N)C(=O)NCCCN1CCN(C)CC1. The number of likely N-dealkylation sites (N-methyl/N-ethyl adjacent to an activating group) is 1. The second-order valence-corrected chi connectivity index (χ2v) is 5.18. The summed E-state index contributed by atoms with van der Waals surface area (Å²) in [5.74, 6) is -0.0737. The first-order chi connectivity index (χ1) is 9.13. The first-order valence-electron chi connectivity index (χ1n) is 7.06. The molecule has 0 aromatic heterocycles. The van der Waals surface area contributed by atoms with Gasteiger partial charge in [0.2, 0.25) is 5.91 Å². The lowest BCUT2D eigenvalue weighted by Gasteiger charge is -2.32. The summed E-state index contributed by atoms with van der Waals surface area (Å²) in [4.78, 5) is 16.4. The molecule has 112 valence electrons. The van der Waals surface area contributed by atoms with Gasteiger partial charge in [0.15, 0.2) is 0 Å². The van der Waals surface area contributed by atoms with E-state index in [1.807, 2.05) is 0 Å². The van der Waals surface area contributed by atoms with Crippen molar-refractivity contribution in [3.8, 4) is 0 Å². The number of methoxy groups -OCH3 is 1. The molecule has 0 aliphatic carbocycles. The van der Waals surface area contributed by atoms with E-state index in [1.54, 1.807) is 7.11 Å². The van der Waals surface area contributed by atoms with Gasteiger partial charge in [-0.05, 0) is 26.4 Å². The van der Waals surface area contributed by atoms with E-state index in [1.165, 1.54) is 0 Å². The third-order valence-electron chi connectivity index (χ3n) is 3.52. The van der Waals surface area contributed by atoms with Crippen molar-refractivity contribution < 1.29 is 9.53 Å². The molecule has 0 saturated carbocycles. The fourth-order valence-electron chi connectivity index (χ4n) is 2.09. The van der Waals surface area contributed by atoms with Gasteiger partial charge in [-0.25, -0.2) is 0 Å². The summed E-state index contributed by atoms with van der Waals surface area (Å²) in [7, 11) is 3.76. The highest BCUT2D eigenvalue weighted by molar-refractivity contribution is 5.81. The maximum absolute atomic E-state index is 11.6. The number of nitrogens with zero attached hydrogens (tertiary/aromatic N) is 2. The van der Waals surface area contributed by atoms with Gasteiger partial charge in [0, 0.05) is 46.4 Å². The summed E-state index contributed by atoms with van der Waals surface area (Å²) in [6.07, 6.45) is 1.55. The second kappa shape index (κ2) is 9.25. The number of amides is 1. The topological polar surface area (TPSA) is 70.8 Å². The molecule has 1 heterocycles. The highest BCUT2D eigenvalue weighted by atomic mass is 16.5. The standard InChI is InChI=1S/C13H28N4O2/c1-16-7-9-17(10-8-16)6-3-5-15-13(18)12(14)4-11-19-2/h12H,3-11,14H2,1-2H3,(H,15,18). The number of carbonyl (C=O) groups is 1. The number of hydrogen-bond donors (Lipinski definition) is 2. The summed E-state index contributed by atoms with van der Waals surface area (Å²) in [6.45, 7) is 6.78. The zero-order chi connectivity index (χ0) is 14.1. The molecule has 1 unspecified atom stereocenters. The van der Waals surface area contributed by atoms with E-state index in [9.17, 15) is 4.79 Å². The largest absolute Gasteiger partial charge is 0.385 e. The Labute approximate surface area is 116 Å². The minimum atomic E-state index is -0.455. The van der Waals surface area contributed by atoms with E-state index in [-0.39, 0.29) is 5.91 Å². The predicted molar refractivity (Wildman–Crippen MR) is 76.0 cm³/mol. The van der Waals surface area contributed by atoms with Gasteiger partial charge in [0.05, 0.1) is 6.04 Å². The second-order valence-electron chi connectivity index (χ2n) is 5.18. The van der Waals surface area contributed by atoms with Crippen LogP contribution in [0.15, 0.2) is 0 Å². The number of nitrogens with two attached hydrogens (primary N) is 1. The van der Waals surface area contributed by atoms with Crippen molar-refractivity contribution in [2.24, 2.45) is 5.73 Å².